The Bertz CT molecular complexity index is 1270. The van der Waals surface area contributed by atoms with Crippen LogP contribution in [0.2, 0.25) is 0 Å². The smallest absolute Gasteiger partial charge is 0.297 e. The highest BCUT2D eigenvalue weighted by molar-refractivity contribution is 7.89. The molecular weight excluding hydrogens is 506 g/mol. The second-order valence-corrected chi connectivity index (χ2v) is 10.4. The van der Waals surface area contributed by atoms with E-state index in [4.69, 9.17) is 0 Å². The first-order chi connectivity index (χ1) is 16.8. The van der Waals surface area contributed by atoms with Crippen molar-refractivity contribution in [2.75, 3.05) is 13.1 Å². The topological polar surface area (TPSA) is 49.4 Å². The van der Waals surface area contributed by atoms with Crippen LogP contribution >= 0.6 is 0 Å². The fraction of sp³-hybridized carbons (Fsp3) is 0.280. The lowest BCUT2D eigenvalue weighted by molar-refractivity contribution is -0.143. The highest BCUT2D eigenvalue weighted by atomic mass is 32.2. The zero-order valence-electron chi connectivity index (χ0n) is 18.8. The van der Waals surface area contributed by atoms with Crippen LogP contribution in [-0.4, -0.2) is 32.4 Å². The van der Waals surface area contributed by atoms with Crippen molar-refractivity contribution >= 4 is 10.0 Å². The third kappa shape index (κ3) is 6.26. The maximum Gasteiger partial charge on any atom is 0.416 e. The Morgan fingerprint density at radius 2 is 1.36 bits per heavy atom. The maximum absolute atomic E-state index is 13.1. The fourth-order valence-electron chi connectivity index (χ4n) is 4.13. The molecule has 3 aromatic carbocycles. The van der Waals surface area contributed by atoms with Crippen LogP contribution in [0, 0.1) is 0 Å². The molecule has 3 aromatic rings. The summed E-state index contributed by atoms with van der Waals surface area (Å²) < 4.78 is 106. The van der Waals surface area contributed by atoms with Crippen molar-refractivity contribution in [3.63, 3.8) is 0 Å². The number of benzene rings is 3. The molecule has 1 fully saturated rings. The van der Waals surface area contributed by atoms with E-state index < -0.39 is 44.4 Å². The van der Waals surface area contributed by atoms with E-state index in [1.807, 2.05) is 59.5 Å². The van der Waals surface area contributed by atoms with Gasteiger partial charge >= 0.3 is 12.4 Å². The molecule has 1 heterocycles. The largest absolute Gasteiger partial charge is 0.416 e. The summed E-state index contributed by atoms with van der Waals surface area (Å²) in [6, 6.07) is 17.4. The van der Waals surface area contributed by atoms with Gasteiger partial charge < -0.3 is 0 Å². The lowest BCUT2D eigenvalue weighted by Gasteiger charge is -2.18. The number of halogens is 6. The van der Waals surface area contributed by atoms with Gasteiger partial charge in [0.1, 0.15) is 0 Å². The molecule has 1 aliphatic heterocycles. The minimum atomic E-state index is -5.13. The third-order valence-electron chi connectivity index (χ3n) is 5.93. The highest BCUT2D eigenvalue weighted by Crippen LogP contribution is 2.37. The predicted molar refractivity (Wildman–Crippen MR) is 122 cm³/mol. The van der Waals surface area contributed by atoms with Gasteiger partial charge in [0.15, 0.2) is 0 Å². The summed E-state index contributed by atoms with van der Waals surface area (Å²) in [7, 11) is -4.62. The number of nitrogens with zero attached hydrogens (tertiary/aromatic N) is 1. The standard InChI is InChI=1S/C25H22F6N2O2S/c26-24(27,28)20-12-21(25(29,30)31)14-23(13-20)36(34,35)32-22-10-11-33(16-22)15-17-6-8-19(9-7-17)18-4-2-1-3-5-18/h1-9,12-14,22,32H,10-11,15-16H2/t22-/m1/s1. The Kier molecular flexibility index (Phi) is 7.18. The molecule has 0 saturated carbocycles. The van der Waals surface area contributed by atoms with E-state index in [1.54, 1.807) is 0 Å². The SMILES string of the molecule is O=S(=O)(N[C@@H]1CCN(Cc2ccc(-c3ccccc3)cc2)C1)c1cc(C(F)(F)F)cc(C(F)(F)F)c1. The number of hydrogen-bond acceptors (Lipinski definition) is 3. The van der Waals surface area contributed by atoms with Crippen LogP contribution in [0.15, 0.2) is 77.7 Å². The number of likely N-dealkylation sites (tertiary alicyclic amines) is 1. The van der Waals surface area contributed by atoms with Crippen LogP contribution in [0.4, 0.5) is 26.3 Å². The van der Waals surface area contributed by atoms with Gasteiger partial charge in [-0.2, -0.15) is 26.3 Å². The van der Waals surface area contributed by atoms with Gasteiger partial charge in [-0.25, -0.2) is 13.1 Å². The molecule has 4 rings (SSSR count). The lowest BCUT2D eigenvalue weighted by Crippen LogP contribution is -2.37. The van der Waals surface area contributed by atoms with E-state index in [2.05, 4.69) is 4.72 Å². The van der Waals surface area contributed by atoms with Crippen molar-refractivity contribution in [3.8, 4) is 11.1 Å². The number of rotatable bonds is 6. The Hall–Kier alpha value is -2.89. The zero-order valence-corrected chi connectivity index (χ0v) is 19.6. The van der Waals surface area contributed by atoms with Crippen molar-refractivity contribution < 1.29 is 34.8 Å². The Morgan fingerprint density at radius 3 is 1.92 bits per heavy atom. The van der Waals surface area contributed by atoms with Gasteiger partial charge in [-0.15, -0.1) is 0 Å². The fourth-order valence-corrected chi connectivity index (χ4v) is 5.46. The van der Waals surface area contributed by atoms with Gasteiger partial charge in [0, 0.05) is 25.7 Å². The van der Waals surface area contributed by atoms with Crippen LogP contribution in [-0.2, 0) is 28.9 Å². The van der Waals surface area contributed by atoms with Crippen molar-refractivity contribution in [1.29, 1.82) is 0 Å². The first-order valence-corrected chi connectivity index (χ1v) is 12.5. The third-order valence-corrected chi connectivity index (χ3v) is 7.43. The van der Waals surface area contributed by atoms with E-state index in [-0.39, 0.29) is 24.7 Å². The van der Waals surface area contributed by atoms with Crippen LogP contribution in [0.5, 0.6) is 0 Å². The summed E-state index contributed by atoms with van der Waals surface area (Å²) >= 11 is 0. The summed E-state index contributed by atoms with van der Waals surface area (Å²) in [4.78, 5) is 0.900. The Balaban J connectivity index is 1.44. The molecule has 0 spiro atoms. The van der Waals surface area contributed by atoms with E-state index in [1.165, 1.54) is 0 Å². The average Bonchev–Trinajstić information content (AvgIpc) is 3.24. The monoisotopic (exact) mass is 528 g/mol. The molecule has 11 heteroatoms. The first kappa shape index (κ1) is 26.2. The summed E-state index contributed by atoms with van der Waals surface area (Å²) in [5, 5.41) is 0. The average molecular weight is 529 g/mol. The van der Waals surface area contributed by atoms with Gasteiger partial charge in [-0.05, 0) is 41.3 Å². The molecule has 192 valence electrons. The van der Waals surface area contributed by atoms with Crippen LogP contribution in [0.25, 0.3) is 11.1 Å². The molecule has 0 bridgehead atoms. The van der Waals surface area contributed by atoms with Crippen molar-refractivity contribution in [1.82, 2.24) is 9.62 Å². The minimum Gasteiger partial charge on any atom is -0.297 e. The molecule has 0 aromatic heterocycles. The molecule has 36 heavy (non-hydrogen) atoms. The van der Waals surface area contributed by atoms with Crippen molar-refractivity contribution in [2.24, 2.45) is 0 Å². The normalized spacial score (nSPS) is 17.4. The highest BCUT2D eigenvalue weighted by Gasteiger charge is 2.39. The molecule has 0 amide bonds. The quantitative estimate of drug-likeness (QED) is 0.403. The van der Waals surface area contributed by atoms with E-state index >= 15 is 0 Å². The summed E-state index contributed by atoms with van der Waals surface area (Å²) in [6.07, 6.45) is -9.90. The molecular formula is C25H22F6N2O2S. The van der Waals surface area contributed by atoms with Crippen LogP contribution < -0.4 is 4.72 Å². The van der Waals surface area contributed by atoms with E-state index in [9.17, 15) is 34.8 Å². The van der Waals surface area contributed by atoms with Gasteiger partial charge in [0.05, 0.1) is 16.0 Å². The van der Waals surface area contributed by atoms with Crippen LogP contribution in [0.3, 0.4) is 0 Å². The van der Waals surface area contributed by atoms with E-state index in [0.717, 1.165) is 16.7 Å². The number of nitrogens with one attached hydrogen (secondary N) is 1. The zero-order chi connectivity index (χ0) is 26.1. The summed E-state index contributed by atoms with van der Waals surface area (Å²) in [5.41, 5.74) is -0.242. The number of sulfonamides is 1. The molecule has 1 aliphatic rings. The first-order valence-electron chi connectivity index (χ1n) is 11.0. The Morgan fingerprint density at radius 1 is 0.806 bits per heavy atom. The molecule has 1 saturated heterocycles. The molecule has 0 radical (unpaired) electrons. The van der Waals surface area contributed by atoms with Crippen LogP contribution in [0.1, 0.15) is 23.1 Å². The molecule has 1 atom stereocenters. The predicted octanol–water partition coefficient (Wildman–Crippen LogP) is 5.94. The van der Waals surface area contributed by atoms with Crippen molar-refractivity contribution in [2.45, 2.75) is 36.3 Å². The second kappa shape index (κ2) is 9.87. The van der Waals surface area contributed by atoms with Crippen molar-refractivity contribution in [3.05, 3.63) is 89.5 Å². The van der Waals surface area contributed by atoms with Gasteiger partial charge in [0.25, 0.3) is 0 Å². The van der Waals surface area contributed by atoms with Gasteiger partial charge in [0.2, 0.25) is 10.0 Å². The Labute approximate surface area is 204 Å². The molecule has 1 N–H and O–H groups in total. The maximum atomic E-state index is 13.1. The molecule has 0 unspecified atom stereocenters. The lowest BCUT2D eigenvalue weighted by atomic mass is 10.0. The minimum absolute atomic E-state index is 0.0978. The van der Waals surface area contributed by atoms with Gasteiger partial charge in [-0.3, -0.25) is 4.90 Å². The second-order valence-electron chi connectivity index (χ2n) is 8.65. The molecule has 4 nitrogen and oxygen atoms in total. The summed E-state index contributed by atoms with van der Waals surface area (Å²) in [5.74, 6) is 0. The number of alkyl halides is 6. The number of hydrogen-bond donors (Lipinski definition) is 1. The van der Waals surface area contributed by atoms with Gasteiger partial charge in [-0.1, -0.05) is 54.6 Å². The summed E-state index contributed by atoms with van der Waals surface area (Å²) in [6.45, 7) is 1.31. The van der Waals surface area contributed by atoms with E-state index in [0.29, 0.717) is 19.5 Å². The molecule has 0 aliphatic carbocycles.